The second kappa shape index (κ2) is 12.6. The molecule has 4 aliphatic carbocycles. The molecule has 0 saturated heterocycles. The van der Waals surface area contributed by atoms with Crippen molar-refractivity contribution in [1.82, 2.24) is 10.6 Å². The van der Waals surface area contributed by atoms with Crippen LogP contribution < -0.4 is 10.6 Å². The molecule has 4 aliphatic rings. The van der Waals surface area contributed by atoms with Gasteiger partial charge in [-0.2, -0.15) is 0 Å². The number of carbonyl (C=O) groups excluding carboxylic acids is 2. The molecule has 43 heavy (non-hydrogen) atoms. The second-order valence-corrected chi connectivity index (χ2v) is 14.4. The number of amides is 2. The monoisotopic (exact) mass is 597 g/mol. The minimum atomic E-state index is -1.10. The van der Waals surface area contributed by atoms with Crippen LogP contribution in [0, 0.1) is 52.8 Å². The normalized spacial score (nSPS) is 36.2. The Hall–Kier alpha value is -2.86. The van der Waals surface area contributed by atoms with Gasteiger partial charge in [0.1, 0.15) is 17.7 Å². The summed E-state index contributed by atoms with van der Waals surface area (Å²) in [6, 6.07) is -1.92. The van der Waals surface area contributed by atoms with Gasteiger partial charge in [0, 0.05) is 5.41 Å². The molecule has 0 radical (unpaired) electrons. The average Bonchev–Trinajstić information content (AvgIpc) is 3.24. The van der Waals surface area contributed by atoms with E-state index in [9.17, 15) is 24.6 Å². The van der Waals surface area contributed by atoms with Crippen molar-refractivity contribution in [3.63, 3.8) is 0 Å². The maximum atomic E-state index is 12.9. The van der Waals surface area contributed by atoms with Gasteiger partial charge in [0.15, 0.2) is 6.61 Å². The number of carboxylic acids is 1. The molecule has 9 atom stereocenters. The van der Waals surface area contributed by atoms with Crippen molar-refractivity contribution in [2.45, 2.75) is 117 Å². The van der Waals surface area contributed by atoms with Crippen molar-refractivity contribution in [2.24, 2.45) is 45.6 Å². The fraction of sp³-hybridized carbons (Fsp3) is 0.765. The number of carboxylic acid groups (broad SMARTS) is 1. The molecule has 4 rings (SSSR count). The third-order valence-corrected chi connectivity index (χ3v) is 11.8. The third-order valence-electron chi connectivity index (χ3n) is 11.8. The molecule has 0 aromatic heterocycles. The number of nitrogens with one attached hydrogen (secondary N) is 2. The lowest BCUT2D eigenvalue weighted by molar-refractivity contribution is -0.144. The molecule has 238 valence electrons. The van der Waals surface area contributed by atoms with Gasteiger partial charge in [0.05, 0.1) is 5.71 Å². The quantitative estimate of drug-likeness (QED) is 0.217. The predicted molar refractivity (Wildman–Crippen MR) is 165 cm³/mol. The number of hydrogen-bond donors (Lipinski definition) is 4. The van der Waals surface area contributed by atoms with Crippen LogP contribution in [0.2, 0.25) is 0 Å². The molecule has 3 saturated carbocycles. The van der Waals surface area contributed by atoms with Gasteiger partial charge in [-0.15, -0.1) is 6.42 Å². The van der Waals surface area contributed by atoms with Crippen LogP contribution in [0.25, 0.3) is 0 Å². The van der Waals surface area contributed by atoms with Gasteiger partial charge in [-0.1, -0.05) is 64.6 Å². The molecule has 0 aromatic rings. The number of hydrogen-bond acceptors (Lipinski definition) is 6. The average molecular weight is 598 g/mol. The van der Waals surface area contributed by atoms with Crippen LogP contribution >= 0.6 is 0 Å². The first-order valence-corrected chi connectivity index (χ1v) is 16.1. The van der Waals surface area contributed by atoms with Gasteiger partial charge in [0.25, 0.3) is 5.91 Å². The predicted octanol–water partition coefficient (Wildman–Crippen LogP) is 4.44. The summed E-state index contributed by atoms with van der Waals surface area (Å²) in [6.45, 7) is 11.5. The van der Waals surface area contributed by atoms with Crippen LogP contribution in [-0.2, 0) is 19.2 Å². The highest BCUT2D eigenvalue weighted by Crippen LogP contribution is 2.67. The highest BCUT2D eigenvalue weighted by molar-refractivity contribution is 5.96. The minimum Gasteiger partial charge on any atom is -0.480 e. The molecule has 0 heterocycles. The molecule has 4 N–H and O–H groups in total. The van der Waals surface area contributed by atoms with Gasteiger partial charge in [0.2, 0.25) is 5.91 Å². The SMILES string of the molecule is C#C[C@@]1(O)CC[C@@H]2[C@@H]3CCC4=C/C(=N\OCC(=O)N[C@H](C(=O)N[C@H](C(=O)O)[C@H](C)CC)C(C)C)CC[C@]4(C)[C@H]3CC[C@@]21C. The summed E-state index contributed by atoms with van der Waals surface area (Å²) in [5.74, 6) is 1.70. The largest absolute Gasteiger partial charge is 0.480 e. The summed E-state index contributed by atoms with van der Waals surface area (Å²) in [4.78, 5) is 42.7. The van der Waals surface area contributed by atoms with Gasteiger partial charge < -0.3 is 25.7 Å². The molecule has 0 aromatic carbocycles. The highest BCUT2D eigenvalue weighted by atomic mass is 16.6. The fourth-order valence-electron chi connectivity index (χ4n) is 8.75. The van der Waals surface area contributed by atoms with E-state index in [2.05, 4.69) is 41.6 Å². The zero-order valence-corrected chi connectivity index (χ0v) is 26.7. The molecule has 9 nitrogen and oxygen atoms in total. The Morgan fingerprint density at radius 2 is 1.77 bits per heavy atom. The fourth-order valence-corrected chi connectivity index (χ4v) is 8.75. The Balaban J connectivity index is 1.35. The minimum absolute atomic E-state index is 0.0818. The molecule has 0 bridgehead atoms. The highest BCUT2D eigenvalue weighted by Gasteiger charge is 2.63. The van der Waals surface area contributed by atoms with E-state index >= 15 is 0 Å². The Labute approximate surface area is 256 Å². The summed E-state index contributed by atoms with van der Waals surface area (Å²) in [6.07, 6.45) is 16.1. The van der Waals surface area contributed by atoms with Gasteiger partial charge in [-0.05, 0) is 92.4 Å². The van der Waals surface area contributed by atoms with Crippen molar-refractivity contribution in [1.29, 1.82) is 0 Å². The molecule has 0 unspecified atom stereocenters. The van der Waals surface area contributed by atoms with E-state index in [0.29, 0.717) is 30.6 Å². The van der Waals surface area contributed by atoms with E-state index in [1.165, 1.54) is 5.57 Å². The van der Waals surface area contributed by atoms with Crippen LogP contribution in [0.15, 0.2) is 16.8 Å². The second-order valence-electron chi connectivity index (χ2n) is 14.4. The molecule has 3 fully saturated rings. The number of carbonyl (C=O) groups is 3. The number of fused-ring (bicyclic) bond motifs is 5. The van der Waals surface area contributed by atoms with E-state index in [-0.39, 0.29) is 29.3 Å². The van der Waals surface area contributed by atoms with Crippen LogP contribution in [0.1, 0.15) is 99.3 Å². The smallest absolute Gasteiger partial charge is 0.326 e. The van der Waals surface area contributed by atoms with Crippen molar-refractivity contribution in [2.75, 3.05) is 6.61 Å². The molecule has 0 spiro atoms. The Bertz CT molecular complexity index is 1200. The molecule has 2 amide bonds. The van der Waals surface area contributed by atoms with Crippen molar-refractivity contribution in [3.05, 3.63) is 11.6 Å². The van der Waals surface area contributed by atoms with Crippen LogP contribution in [-0.4, -0.2) is 58.0 Å². The van der Waals surface area contributed by atoms with Crippen molar-refractivity contribution < 1.29 is 29.4 Å². The summed E-state index contributed by atoms with van der Waals surface area (Å²) in [5, 5.41) is 30.3. The van der Waals surface area contributed by atoms with E-state index < -0.39 is 35.5 Å². The van der Waals surface area contributed by atoms with Crippen LogP contribution in [0.5, 0.6) is 0 Å². The van der Waals surface area contributed by atoms with E-state index in [1.54, 1.807) is 20.8 Å². The lowest BCUT2D eigenvalue weighted by Gasteiger charge is -2.58. The van der Waals surface area contributed by atoms with Gasteiger partial charge >= 0.3 is 5.97 Å². The summed E-state index contributed by atoms with van der Waals surface area (Å²) in [7, 11) is 0. The number of aliphatic carboxylic acids is 1. The zero-order valence-electron chi connectivity index (χ0n) is 26.7. The number of oxime groups is 1. The molecular formula is C34H51N3O6. The number of rotatable bonds is 10. The molecule has 9 heteroatoms. The lowest BCUT2D eigenvalue weighted by Crippen LogP contribution is -2.55. The number of allylic oxidation sites excluding steroid dienone is 2. The van der Waals surface area contributed by atoms with Crippen molar-refractivity contribution in [3.8, 4) is 12.3 Å². The zero-order chi connectivity index (χ0) is 31.7. The first-order chi connectivity index (χ1) is 20.2. The van der Waals surface area contributed by atoms with Crippen molar-refractivity contribution >= 4 is 23.5 Å². The topological polar surface area (TPSA) is 137 Å². The summed E-state index contributed by atoms with van der Waals surface area (Å²) < 4.78 is 0. The number of terminal acetylenes is 1. The Kier molecular flexibility index (Phi) is 9.71. The third kappa shape index (κ3) is 6.09. The Morgan fingerprint density at radius 3 is 2.40 bits per heavy atom. The maximum absolute atomic E-state index is 12.9. The Morgan fingerprint density at radius 1 is 1.07 bits per heavy atom. The summed E-state index contributed by atoms with van der Waals surface area (Å²) >= 11 is 0. The summed E-state index contributed by atoms with van der Waals surface area (Å²) in [5.41, 5.74) is 1.09. The van der Waals surface area contributed by atoms with Gasteiger partial charge in [-0.25, -0.2) is 4.79 Å². The number of aliphatic hydroxyl groups is 1. The van der Waals surface area contributed by atoms with E-state index in [0.717, 1.165) is 50.7 Å². The number of nitrogens with zero attached hydrogens (tertiary/aromatic N) is 1. The molecule has 0 aliphatic heterocycles. The first-order valence-electron chi connectivity index (χ1n) is 16.1. The molecular weight excluding hydrogens is 546 g/mol. The lowest BCUT2D eigenvalue weighted by atomic mass is 9.46. The van der Waals surface area contributed by atoms with E-state index in [4.69, 9.17) is 11.3 Å². The van der Waals surface area contributed by atoms with E-state index in [1.807, 2.05) is 6.92 Å². The van der Waals surface area contributed by atoms with Crippen LogP contribution in [0.3, 0.4) is 0 Å². The van der Waals surface area contributed by atoms with Gasteiger partial charge in [-0.3, -0.25) is 9.59 Å². The van der Waals surface area contributed by atoms with Crippen LogP contribution in [0.4, 0.5) is 0 Å². The first kappa shape index (κ1) is 33.0. The maximum Gasteiger partial charge on any atom is 0.326 e. The standard InChI is InChI=1S/C34H51N3O6/c1-8-21(5)29(31(40)41)36-30(39)28(20(3)4)35-27(38)19-43-37-23-12-15-32(6)22(18-23)10-11-24-25(32)13-16-33(7)26(24)14-17-34(33,42)9-2/h2,18,20-21,24-26,28-29,42H,8,10-17,19H2,1,3-7H3,(H,35,38)(H,36,39)(H,40,41)/b37-23-/t21-,24-,25+,26-,28+,29+,32+,33+,34-/m1/s1.